The fourth-order valence-corrected chi connectivity index (χ4v) is 4.78. The van der Waals surface area contributed by atoms with Crippen LogP contribution in [-0.4, -0.2) is 53.6 Å². The minimum Gasteiger partial charge on any atom is -0.478 e. The van der Waals surface area contributed by atoms with E-state index in [1.165, 1.54) is 18.5 Å². The van der Waals surface area contributed by atoms with Crippen molar-refractivity contribution in [1.82, 2.24) is 9.97 Å². The predicted octanol–water partition coefficient (Wildman–Crippen LogP) is 1.93. The lowest BCUT2D eigenvalue weighted by molar-refractivity contribution is 0.0697. The molecule has 0 spiro atoms. The molecule has 1 fully saturated rings. The molecular formula is C17H20N4O4S. The van der Waals surface area contributed by atoms with E-state index in [1.54, 1.807) is 18.2 Å². The van der Waals surface area contributed by atoms with Crippen LogP contribution in [0.25, 0.3) is 0 Å². The zero-order chi connectivity index (χ0) is 18.7. The Labute approximate surface area is 151 Å². The quantitative estimate of drug-likeness (QED) is 0.786. The number of nitrogens with zero attached hydrogens (tertiary/aromatic N) is 3. The number of anilines is 3. The van der Waals surface area contributed by atoms with Gasteiger partial charge in [0.2, 0.25) is 0 Å². The van der Waals surface area contributed by atoms with Crippen molar-refractivity contribution in [3.8, 4) is 0 Å². The zero-order valence-electron chi connectivity index (χ0n) is 14.3. The fourth-order valence-electron chi connectivity index (χ4n) is 3.04. The summed E-state index contributed by atoms with van der Waals surface area (Å²) in [4.78, 5) is 21.3. The molecule has 1 aliphatic heterocycles. The van der Waals surface area contributed by atoms with Crippen molar-refractivity contribution >= 4 is 33.1 Å². The van der Waals surface area contributed by atoms with Gasteiger partial charge in [0.15, 0.2) is 9.84 Å². The van der Waals surface area contributed by atoms with E-state index < -0.39 is 15.8 Å². The van der Waals surface area contributed by atoms with Crippen LogP contribution in [0.15, 0.2) is 36.7 Å². The molecule has 9 heteroatoms. The number of carboxylic acid groups (broad SMARTS) is 1. The van der Waals surface area contributed by atoms with Crippen molar-refractivity contribution in [2.75, 3.05) is 28.3 Å². The maximum absolute atomic E-state index is 11.8. The number of benzene rings is 1. The van der Waals surface area contributed by atoms with Crippen LogP contribution in [0.4, 0.5) is 17.3 Å². The maximum Gasteiger partial charge on any atom is 0.335 e. The van der Waals surface area contributed by atoms with Gasteiger partial charge in [0.1, 0.15) is 18.0 Å². The molecule has 1 saturated heterocycles. The van der Waals surface area contributed by atoms with Crippen molar-refractivity contribution in [1.29, 1.82) is 0 Å². The Hall–Kier alpha value is -2.68. The van der Waals surface area contributed by atoms with Crippen LogP contribution in [0.3, 0.4) is 0 Å². The van der Waals surface area contributed by atoms with Crippen molar-refractivity contribution in [2.24, 2.45) is 0 Å². The number of sulfone groups is 1. The van der Waals surface area contributed by atoms with E-state index >= 15 is 0 Å². The Balaban J connectivity index is 1.77. The highest BCUT2D eigenvalue weighted by Crippen LogP contribution is 2.25. The van der Waals surface area contributed by atoms with Crippen LogP contribution in [0.2, 0.25) is 0 Å². The molecule has 0 radical (unpaired) electrons. The average Bonchev–Trinajstić information content (AvgIpc) is 2.96. The van der Waals surface area contributed by atoms with Crippen LogP contribution in [0, 0.1) is 0 Å². The highest BCUT2D eigenvalue weighted by molar-refractivity contribution is 7.91. The maximum atomic E-state index is 11.8. The topological polar surface area (TPSA) is 112 Å². The first kappa shape index (κ1) is 18.1. The van der Waals surface area contributed by atoms with E-state index in [-0.39, 0.29) is 23.1 Å². The summed E-state index contributed by atoms with van der Waals surface area (Å²) in [6.45, 7) is 2.61. The normalized spacial score (nSPS) is 18.4. The first-order valence-corrected chi connectivity index (χ1v) is 10.1. The van der Waals surface area contributed by atoms with E-state index in [0.717, 1.165) is 0 Å². The molecule has 1 atom stereocenters. The van der Waals surface area contributed by atoms with E-state index in [4.69, 9.17) is 5.11 Å². The Morgan fingerprint density at radius 2 is 2.04 bits per heavy atom. The van der Waals surface area contributed by atoms with E-state index in [0.29, 0.717) is 30.3 Å². The van der Waals surface area contributed by atoms with E-state index in [1.807, 2.05) is 11.8 Å². The summed E-state index contributed by atoms with van der Waals surface area (Å²) in [7, 11) is -2.98. The van der Waals surface area contributed by atoms with Crippen LogP contribution in [0.1, 0.15) is 23.7 Å². The van der Waals surface area contributed by atoms with Gasteiger partial charge in [-0.15, -0.1) is 0 Å². The average molecular weight is 376 g/mol. The van der Waals surface area contributed by atoms with Gasteiger partial charge < -0.3 is 15.3 Å². The number of carboxylic acids is 1. The number of nitrogens with one attached hydrogen (secondary N) is 1. The van der Waals surface area contributed by atoms with Gasteiger partial charge in [0.25, 0.3) is 0 Å². The summed E-state index contributed by atoms with van der Waals surface area (Å²) in [5.41, 5.74) is 0.907. The molecule has 1 unspecified atom stereocenters. The Kier molecular flexibility index (Phi) is 5.08. The van der Waals surface area contributed by atoms with Crippen molar-refractivity contribution in [3.63, 3.8) is 0 Å². The summed E-state index contributed by atoms with van der Waals surface area (Å²) < 4.78 is 23.5. The molecular weight excluding hydrogens is 356 g/mol. The van der Waals surface area contributed by atoms with Crippen molar-refractivity contribution < 1.29 is 18.3 Å². The van der Waals surface area contributed by atoms with Crippen molar-refractivity contribution in [3.05, 3.63) is 42.2 Å². The minimum absolute atomic E-state index is 0.0809. The lowest BCUT2D eigenvalue weighted by atomic mass is 10.2. The monoisotopic (exact) mass is 376 g/mol. The highest BCUT2D eigenvalue weighted by atomic mass is 32.2. The lowest BCUT2D eigenvalue weighted by Gasteiger charge is -2.28. The molecule has 3 rings (SSSR count). The lowest BCUT2D eigenvalue weighted by Crippen LogP contribution is -2.36. The Morgan fingerprint density at radius 3 is 2.62 bits per heavy atom. The van der Waals surface area contributed by atoms with Gasteiger partial charge in [0, 0.05) is 24.3 Å². The molecule has 0 amide bonds. The second-order valence-corrected chi connectivity index (χ2v) is 8.34. The van der Waals surface area contributed by atoms with Gasteiger partial charge in [-0.3, -0.25) is 0 Å². The van der Waals surface area contributed by atoms with Crippen LogP contribution >= 0.6 is 0 Å². The molecule has 0 saturated carbocycles. The van der Waals surface area contributed by atoms with E-state index in [2.05, 4.69) is 15.3 Å². The van der Waals surface area contributed by atoms with Gasteiger partial charge in [-0.2, -0.15) is 0 Å². The number of carbonyl (C=O) groups is 1. The number of rotatable bonds is 6. The summed E-state index contributed by atoms with van der Waals surface area (Å²) in [6.07, 6.45) is 2.02. The highest BCUT2D eigenvalue weighted by Gasteiger charge is 2.32. The Morgan fingerprint density at radius 1 is 1.31 bits per heavy atom. The molecule has 26 heavy (non-hydrogen) atoms. The zero-order valence-corrected chi connectivity index (χ0v) is 15.1. The summed E-state index contributed by atoms with van der Waals surface area (Å²) in [5.74, 6) is 0.586. The van der Waals surface area contributed by atoms with E-state index in [9.17, 15) is 13.2 Å². The SMILES string of the molecule is CCN(c1cc(Nc2ccc(C(=O)O)cc2)ncn1)C1CCS(=O)(=O)C1. The third kappa shape index (κ3) is 4.10. The Bertz CT molecular complexity index is 899. The molecule has 2 heterocycles. The molecule has 1 aliphatic rings. The van der Waals surface area contributed by atoms with Gasteiger partial charge in [0.05, 0.1) is 17.1 Å². The third-order valence-corrected chi connectivity index (χ3v) is 6.09. The van der Waals surface area contributed by atoms with Gasteiger partial charge >= 0.3 is 5.97 Å². The van der Waals surface area contributed by atoms with Gasteiger partial charge in [-0.05, 0) is 37.6 Å². The molecule has 8 nitrogen and oxygen atoms in total. The number of hydrogen-bond donors (Lipinski definition) is 2. The summed E-state index contributed by atoms with van der Waals surface area (Å²) in [6, 6.07) is 8.02. The molecule has 2 N–H and O–H groups in total. The minimum atomic E-state index is -2.98. The number of hydrogen-bond acceptors (Lipinski definition) is 7. The third-order valence-electron chi connectivity index (χ3n) is 4.34. The summed E-state index contributed by atoms with van der Waals surface area (Å²) >= 11 is 0. The summed E-state index contributed by atoms with van der Waals surface area (Å²) in [5, 5.41) is 12.0. The van der Waals surface area contributed by atoms with Crippen LogP contribution in [0.5, 0.6) is 0 Å². The van der Waals surface area contributed by atoms with Crippen molar-refractivity contribution in [2.45, 2.75) is 19.4 Å². The second-order valence-electron chi connectivity index (χ2n) is 6.11. The molecule has 0 aliphatic carbocycles. The predicted molar refractivity (Wildman–Crippen MR) is 98.8 cm³/mol. The van der Waals surface area contributed by atoms with Gasteiger partial charge in [-0.25, -0.2) is 23.2 Å². The first-order chi connectivity index (χ1) is 12.4. The second kappa shape index (κ2) is 7.28. The number of aromatic nitrogens is 2. The molecule has 1 aromatic heterocycles. The van der Waals surface area contributed by atoms with Crippen LogP contribution in [-0.2, 0) is 9.84 Å². The fraction of sp³-hybridized carbons (Fsp3) is 0.353. The number of aromatic carboxylic acids is 1. The molecule has 138 valence electrons. The first-order valence-electron chi connectivity index (χ1n) is 8.27. The molecule has 0 bridgehead atoms. The smallest absolute Gasteiger partial charge is 0.335 e. The van der Waals surface area contributed by atoms with Gasteiger partial charge in [-0.1, -0.05) is 0 Å². The molecule has 2 aromatic rings. The standard InChI is InChI=1S/C17H20N4O4S/c1-2-21(14-7-8-26(24,25)10-14)16-9-15(18-11-19-16)20-13-5-3-12(4-6-13)17(22)23/h3-6,9,11,14H,2,7-8,10H2,1H3,(H,22,23)(H,18,19,20). The largest absolute Gasteiger partial charge is 0.478 e. The van der Waals surface area contributed by atoms with Crippen LogP contribution < -0.4 is 10.2 Å². The molecule has 1 aromatic carbocycles.